The molecule has 0 aliphatic rings. The van der Waals surface area contributed by atoms with Gasteiger partial charge in [0.15, 0.2) is 0 Å². The van der Waals surface area contributed by atoms with Gasteiger partial charge in [-0.1, -0.05) is 30.3 Å². The first-order valence-corrected chi connectivity index (χ1v) is 4.79. The monoisotopic (exact) mass is 242 g/mol. The van der Waals surface area contributed by atoms with Crippen molar-refractivity contribution >= 4 is 16.2 Å². The van der Waals surface area contributed by atoms with Crippen molar-refractivity contribution in [1.29, 1.82) is 0 Å². The molecule has 0 heterocycles. The minimum Gasteiger partial charge on any atom is -0.282 e. The van der Waals surface area contributed by atoms with Gasteiger partial charge >= 0.3 is 0 Å². The number of hydrogen-bond donors (Lipinski definition) is 1. The van der Waals surface area contributed by atoms with E-state index in [0.29, 0.717) is 0 Å². The van der Waals surface area contributed by atoms with Crippen molar-refractivity contribution in [3.63, 3.8) is 0 Å². The summed E-state index contributed by atoms with van der Waals surface area (Å²) >= 11 is 0. The minimum atomic E-state index is -4.00. The first kappa shape index (κ1) is 12.4. The molecule has 1 aromatic carbocycles. The van der Waals surface area contributed by atoms with Gasteiger partial charge in [0.25, 0.3) is 10.1 Å². The fourth-order valence-electron chi connectivity index (χ4n) is 0.729. The van der Waals surface area contributed by atoms with E-state index >= 15 is 0 Å². The van der Waals surface area contributed by atoms with Crippen molar-refractivity contribution in [2.45, 2.75) is 0 Å². The van der Waals surface area contributed by atoms with Crippen LogP contribution in [-0.2, 0) is 26.6 Å². The van der Waals surface area contributed by atoms with Crippen molar-refractivity contribution < 1.29 is 29.5 Å². The first-order valence-electron chi connectivity index (χ1n) is 3.28. The Bertz CT molecular complexity index is 370. The molecule has 0 spiro atoms. The predicted molar refractivity (Wildman–Crippen MR) is 47.0 cm³/mol. The molecular weight excluding hydrogens is 235 g/mol. The van der Waals surface area contributed by atoms with E-state index in [1.165, 1.54) is 6.08 Å². The molecule has 0 unspecified atom stereocenters. The third-order valence-corrected chi connectivity index (χ3v) is 1.71. The van der Waals surface area contributed by atoms with Crippen LogP contribution in [0.5, 0.6) is 0 Å². The van der Waals surface area contributed by atoms with Gasteiger partial charge in [0.05, 0.1) is 5.41 Å². The summed E-state index contributed by atoms with van der Waals surface area (Å²) in [6.45, 7) is 0. The van der Waals surface area contributed by atoms with Crippen molar-refractivity contribution in [3.8, 4) is 0 Å². The van der Waals surface area contributed by atoms with E-state index in [4.69, 9.17) is 4.55 Å². The Hall–Kier alpha value is -0.636. The standard InChI is InChI=1S/C8H8O3S.Ni/c9-12(10,11)7-6-8-4-2-1-3-5-8;/h1-7H,(H,9,10,11);. The fraction of sp³-hybridized carbons (Fsp3) is 0. The van der Waals surface area contributed by atoms with Gasteiger partial charge in [-0.3, -0.25) is 4.55 Å². The van der Waals surface area contributed by atoms with Crippen molar-refractivity contribution in [1.82, 2.24) is 0 Å². The molecule has 1 rings (SSSR count). The van der Waals surface area contributed by atoms with Gasteiger partial charge in [0, 0.05) is 16.5 Å². The third kappa shape index (κ3) is 5.58. The second-order valence-electron chi connectivity index (χ2n) is 2.23. The molecule has 0 radical (unpaired) electrons. The Morgan fingerprint density at radius 3 is 2.15 bits per heavy atom. The molecule has 0 saturated heterocycles. The van der Waals surface area contributed by atoms with Crippen LogP contribution in [0.15, 0.2) is 35.7 Å². The zero-order valence-electron chi connectivity index (χ0n) is 6.53. The predicted octanol–water partition coefficient (Wildman–Crippen LogP) is 1.54. The fourth-order valence-corrected chi connectivity index (χ4v) is 1.06. The van der Waals surface area contributed by atoms with E-state index in [-0.39, 0.29) is 16.5 Å². The average Bonchev–Trinajstić information content (AvgIpc) is 2.02. The maximum absolute atomic E-state index is 10.3. The summed E-state index contributed by atoms with van der Waals surface area (Å²) in [7, 11) is -4.00. The van der Waals surface area contributed by atoms with Crippen LogP contribution in [0.1, 0.15) is 5.56 Å². The van der Waals surface area contributed by atoms with Crippen LogP contribution in [0.3, 0.4) is 0 Å². The summed E-state index contributed by atoms with van der Waals surface area (Å²) in [6, 6.07) is 8.86. The van der Waals surface area contributed by atoms with Gasteiger partial charge in [0.2, 0.25) is 0 Å². The molecule has 0 aromatic heterocycles. The summed E-state index contributed by atoms with van der Waals surface area (Å²) < 4.78 is 28.9. The van der Waals surface area contributed by atoms with Gasteiger partial charge in [-0.2, -0.15) is 8.42 Å². The van der Waals surface area contributed by atoms with Gasteiger partial charge in [-0.05, 0) is 11.6 Å². The smallest absolute Gasteiger partial charge is 0.282 e. The molecule has 0 bridgehead atoms. The van der Waals surface area contributed by atoms with Crippen LogP contribution in [-0.4, -0.2) is 13.0 Å². The molecule has 0 aliphatic heterocycles. The van der Waals surface area contributed by atoms with Crippen LogP contribution in [0, 0.1) is 0 Å². The molecule has 13 heavy (non-hydrogen) atoms. The van der Waals surface area contributed by atoms with Crippen LogP contribution in [0.2, 0.25) is 0 Å². The number of benzene rings is 1. The summed E-state index contributed by atoms with van der Waals surface area (Å²) in [5.74, 6) is 0. The van der Waals surface area contributed by atoms with Crippen LogP contribution in [0.25, 0.3) is 6.08 Å². The Morgan fingerprint density at radius 2 is 1.69 bits per heavy atom. The second-order valence-corrected chi connectivity index (χ2v) is 3.53. The Balaban J connectivity index is 0.00000144. The van der Waals surface area contributed by atoms with Crippen molar-refractivity contribution in [3.05, 3.63) is 41.3 Å². The zero-order chi connectivity index (χ0) is 9.03. The normalized spacial score (nSPS) is 11.2. The maximum Gasteiger partial charge on any atom is 0.287 e. The molecule has 0 amide bonds. The van der Waals surface area contributed by atoms with Crippen LogP contribution in [0.4, 0.5) is 0 Å². The van der Waals surface area contributed by atoms with Gasteiger partial charge in [0.1, 0.15) is 0 Å². The van der Waals surface area contributed by atoms with E-state index in [9.17, 15) is 8.42 Å². The Labute approximate surface area is 87.1 Å². The van der Waals surface area contributed by atoms with E-state index in [1.54, 1.807) is 24.3 Å². The van der Waals surface area contributed by atoms with E-state index in [0.717, 1.165) is 11.0 Å². The third-order valence-electron chi connectivity index (χ3n) is 1.23. The first-order chi connectivity index (χ1) is 5.58. The zero-order valence-corrected chi connectivity index (χ0v) is 8.33. The molecule has 74 valence electrons. The van der Waals surface area contributed by atoms with Gasteiger partial charge in [-0.15, -0.1) is 0 Å². The summed E-state index contributed by atoms with van der Waals surface area (Å²) in [4.78, 5) is 0. The average molecular weight is 243 g/mol. The van der Waals surface area contributed by atoms with Crippen molar-refractivity contribution in [2.24, 2.45) is 0 Å². The summed E-state index contributed by atoms with van der Waals surface area (Å²) in [6.07, 6.45) is 1.33. The van der Waals surface area contributed by atoms with Crippen LogP contribution < -0.4 is 0 Å². The quantitative estimate of drug-likeness (QED) is 0.633. The molecule has 5 heteroatoms. The SMILES string of the molecule is O=S(=O)(O)C=Cc1ccccc1.[Ni]. The van der Waals surface area contributed by atoms with Gasteiger partial charge < -0.3 is 0 Å². The number of hydrogen-bond acceptors (Lipinski definition) is 2. The van der Waals surface area contributed by atoms with Gasteiger partial charge in [-0.25, -0.2) is 0 Å². The minimum absolute atomic E-state index is 0. The Kier molecular flexibility index (Phi) is 4.92. The molecule has 0 saturated carbocycles. The van der Waals surface area contributed by atoms with Crippen molar-refractivity contribution in [2.75, 3.05) is 0 Å². The summed E-state index contributed by atoms with van der Waals surface area (Å²) in [5.41, 5.74) is 0.732. The molecule has 3 nitrogen and oxygen atoms in total. The molecule has 1 N–H and O–H groups in total. The molecule has 0 atom stereocenters. The molecule has 1 aromatic rings. The van der Waals surface area contributed by atoms with E-state index in [2.05, 4.69) is 0 Å². The van der Waals surface area contributed by atoms with Crippen LogP contribution >= 0.6 is 0 Å². The molecule has 0 aliphatic carbocycles. The summed E-state index contributed by atoms with van der Waals surface area (Å²) in [5, 5.41) is 0.752. The Morgan fingerprint density at radius 1 is 1.15 bits per heavy atom. The maximum atomic E-state index is 10.3. The van der Waals surface area contributed by atoms with E-state index in [1.807, 2.05) is 6.07 Å². The largest absolute Gasteiger partial charge is 0.287 e. The topological polar surface area (TPSA) is 54.4 Å². The second kappa shape index (κ2) is 5.17. The van der Waals surface area contributed by atoms with E-state index < -0.39 is 10.1 Å². The number of rotatable bonds is 2. The molecule has 0 fully saturated rings. The molecular formula is C8H8NiO3S.